The molecule has 2 unspecified atom stereocenters. The molecule has 2 atom stereocenters. The summed E-state index contributed by atoms with van der Waals surface area (Å²) in [5.74, 6) is -0.684. The molecule has 6 heteroatoms. The lowest BCUT2D eigenvalue weighted by atomic mass is 10.0. The van der Waals surface area contributed by atoms with Crippen molar-refractivity contribution in [2.75, 3.05) is 13.1 Å². The molecule has 1 aromatic carbocycles. The van der Waals surface area contributed by atoms with E-state index in [9.17, 15) is 14.7 Å². The van der Waals surface area contributed by atoms with Gasteiger partial charge in [-0.15, -0.1) is 0 Å². The van der Waals surface area contributed by atoms with Crippen molar-refractivity contribution in [3.05, 3.63) is 35.9 Å². The first kappa shape index (κ1) is 16.1. The van der Waals surface area contributed by atoms with Crippen LogP contribution in [0.4, 0.5) is 0 Å². The van der Waals surface area contributed by atoms with Crippen molar-refractivity contribution in [1.82, 2.24) is 10.6 Å². The van der Waals surface area contributed by atoms with E-state index >= 15 is 0 Å². The minimum absolute atomic E-state index is 0.109. The van der Waals surface area contributed by atoms with Gasteiger partial charge in [-0.3, -0.25) is 9.59 Å². The third kappa shape index (κ3) is 5.81. The monoisotopic (exact) mass is 279 g/mol. The van der Waals surface area contributed by atoms with Crippen LogP contribution in [0.15, 0.2) is 30.3 Å². The molecular weight excluding hydrogens is 258 g/mol. The molecule has 1 aromatic rings. The van der Waals surface area contributed by atoms with Gasteiger partial charge in [-0.25, -0.2) is 0 Å². The number of aliphatic hydroxyl groups is 1. The van der Waals surface area contributed by atoms with E-state index in [0.717, 1.165) is 5.56 Å². The number of carbonyl (C=O) groups excluding carboxylic acids is 2. The third-order valence-electron chi connectivity index (χ3n) is 2.80. The summed E-state index contributed by atoms with van der Waals surface area (Å²) in [5.41, 5.74) is 5.92. The zero-order valence-corrected chi connectivity index (χ0v) is 11.5. The Hall–Kier alpha value is -1.92. The van der Waals surface area contributed by atoms with Crippen LogP contribution in [-0.2, 0) is 9.59 Å². The zero-order valence-electron chi connectivity index (χ0n) is 11.5. The van der Waals surface area contributed by atoms with E-state index in [-0.39, 0.29) is 30.9 Å². The van der Waals surface area contributed by atoms with Gasteiger partial charge in [0.25, 0.3) is 0 Å². The second kappa shape index (κ2) is 8.29. The van der Waals surface area contributed by atoms with Crippen LogP contribution in [0.25, 0.3) is 0 Å². The summed E-state index contributed by atoms with van der Waals surface area (Å²) in [5, 5.41) is 15.1. The number of benzene rings is 1. The molecule has 0 saturated heterocycles. The fraction of sp³-hybridized carbons (Fsp3) is 0.429. The number of carbonyl (C=O) groups is 2. The fourth-order valence-electron chi connectivity index (χ4n) is 1.78. The predicted octanol–water partition coefficient (Wildman–Crippen LogP) is -0.310. The Labute approximate surface area is 118 Å². The van der Waals surface area contributed by atoms with Crippen LogP contribution in [0, 0.1) is 0 Å². The van der Waals surface area contributed by atoms with Crippen molar-refractivity contribution >= 4 is 11.8 Å². The molecule has 20 heavy (non-hydrogen) atoms. The quantitative estimate of drug-likeness (QED) is 0.549. The Bertz CT molecular complexity index is 437. The highest BCUT2D eigenvalue weighted by molar-refractivity contribution is 5.85. The number of rotatable bonds is 7. The minimum Gasteiger partial charge on any atom is -0.388 e. The largest absolute Gasteiger partial charge is 0.388 e. The van der Waals surface area contributed by atoms with Gasteiger partial charge in [0.05, 0.1) is 19.2 Å². The smallest absolute Gasteiger partial charge is 0.239 e. The summed E-state index contributed by atoms with van der Waals surface area (Å²) in [4.78, 5) is 22.5. The van der Waals surface area contributed by atoms with Gasteiger partial charge in [-0.05, 0) is 18.9 Å². The fourth-order valence-corrected chi connectivity index (χ4v) is 1.78. The number of hydrogen-bond acceptors (Lipinski definition) is 4. The standard InChI is InChI=1S/C14H21N3O3/c1-10(17-14(20)9-16-13(19)8-15)7-12(18)11-5-3-2-4-6-11/h2-6,10,12,18H,7-9,15H2,1H3,(H,16,19)(H,17,20). The highest BCUT2D eigenvalue weighted by Gasteiger charge is 2.14. The molecule has 0 aromatic heterocycles. The molecule has 2 amide bonds. The Balaban J connectivity index is 2.34. The van der Waals surface area contributed by atoms with Crippen LogP contribution in [0.5, 0.6) is 0 Å². The van der Waals surface area contributed by atoms with E-state index in [4.69, 9.17) is 5.73 Å². The van der Waals surface area contributed by atoms with E-state index in [0.29, 0.717) is 6.42 Å². The number of hydrogen-bond donors (Lipinski definition) is 4. The molecule has 110 valence electrons. The maximum Gasteiger partial charge on any atom is 0.239 e. The van der Waals surface area contributed by atoms with Crippen molar-refractivity contribution in [2.45, 2.75) is 25.5 Å². The number of aliphatic hydroxyl groups excluding tert-OH is 1. The van der Waals surface area contributed by atoms with Gasteiger partial charge in [0.1, 0.15) is 0 Å². The van der Waals surface area contributed by atoms with E-state index in [1.54, 1.807) is 6.92 Å². The summed E-state index contributed by atoms with van der Waals surface area (Å²) in [7, 11) is 0. The zero-order chi connectivity index (χ0) is 15.0. The van der Waals surface area contributed by atoms with Crippen LogP contribution in [0.1, 0.15) is 25.0 Å². The van der Waals surface area contributed by atoms with Crippen molar-refractivity contribution < 1.29 is 14.7 Å². The molecule has 1 rings (SSSR count). The van der Waals surface area contributed by atoms with E-state index in [1.807, 2.05) is 30.3 Å². The average Bonchev–Trinajstić information content (AvgIpc) is 2.45. The Morgan fingerprint density at radius 3 is 2.50 bits per heavy atom. The van der Waals surface area contributed by atoms with Crippen LogP contribution in [0.2, 0.25) is 0 Å². The highest BCUT2D eigenvalue weighted by Crippen LogP contribution is 2.17. The Morgan fingerprint density at radius 2 is 1.90 bits per heavy atom. The molecule has 0 bridgehead atoms. The van der Waals surface area contributed by atoms with Crippen LogP contribution < -0.4 is 16.4 Å². The molecule has 0 aliphatic carbocycles. The lowest BCUT2D eigenvalue weighted by Crippen LogP contribution is -2.42. The maximum absolute atomic E-state index is 11.5. The molecule has 0 saturated carbocycles. The van der Waals surface area contributed by atoms with E-state index < -0.39 is 6.10 Å². The number of amides is 2. The van der Waals surface area contributed by atoms with Crippen LogP contribution in [-0.4, -0.2) is 36.1 Å². The Morgan fingerprint density at radius 1 is 1.25 bits per heavy atom. The number of nitrogens with two attached hydrogens (primary N) is 1. The summed E-state index contributed by atoms with van der Waals surface area (Å²) < 4.78 is 0. The van der Waals surface area contributed by atoms with Crippen molar-refractivity contribution in [3.63, 3.8) is 0 Å². The molecule has 0 heterocycles. The normalized spacial score (nSPS) is 13.3. The SMILES string of the molecule is CC(CC(O)c1ccccc1)NC(=O)CNC(=O)CN. The summed E-state index contributed by atoms with van der Waals surface area (Å²) in [6, 6.07) is 9.05. The molecule has 0 spiro atoms. The average molecular weight is 279 g/mol. The number of nitrogens with one attached hydrogen (secondary N) is 2. The van der Waals surface area contributed by atoms with Gasteiger partial charge in [-0.1, -0.05) is 30.3 Å². The van der Waals surface area contributed by atoms with Gasteiger partial charge in [0, 0.05) is 6.04 Å². The lowest BCUT2D eigenvalue weighted by Gasteiger charge is -2.18. The summed E-state index contributed by atoms with van der Waals surface area (Å²) in [6.07, 6.45) is -0.231. The van der Waals surface area contributed by atoms with E-state index in [1.165, 1.54) is 0 Å². The summed E-state index contributed by atoms with van der Waals surface area (Å²) >= 11 is 0. The van der Waals surface area contributed by atoms with Gasteiger partial charge in [-0.2, -0.15) is 0 Å². The van der Waals surface area contributed by atoms with Crippen molar-refractivity contribution in [2.24, 2.45) is 5.73 Å². The lowest BCUT2D eigenvalue weighted by molar-refractivity contribution is -0.125. The topological polar surface area (TPSA) is 104 Å². The highest BCUT2D eigenvalue weighted by atomic mass is 16.3. The van der Waals surface area contributed by atoms with Gasteiger partial charge < -0.3 is 21.5 Å². The minimum atomic E-state index is -0.634. The van der Waals surface area contributed by atoms with Crippen LogP contribution in [0.3, 0.4) is 0 Å². The maximum atomic E-state index is 11.5. The van der Waals surface area contributed by atoms with Crippen molar-refractivity contribution in [3.8, 4) is 0 Å². The molecule has 0 aliphatic rings. The molecular formula is C14H21N3O3. The first-order chi connectivity index (χ1) is 9.52. The summed E-state index contributed by atoms with van der Waals surface area (Å²) in [6.45, 7) is 1.55. The molecule has 6 nitrogen and oxygen atoms in total. The molecule has 0 aliphatic heterocycles. The third-order valence-corrected chi connectivity index (χ3v) is 2.80. The van der Waals surface area contributed by atoms with E-state index in [2.05, 4.69) is 10.6 Å². The Kier molecular flexibility index (Phi) is 6.69. The second-order valence-electron chi connectivity index (χ2n) is 4.61. The second-order valence-corrected chi connectivity index (χ2v) is 4.61. The molecule has 5 N–H and O–H groups in total. The van der Waals surface area contributed by atoms with Gasteiger partial charge in [0.15, 0.2) is 0 Å². The molecule has 0 fully saturated rings. The predicted molar refractivity (Wildman–Crippen MR) is 75.7 cm³/mol. The van der Waals surface area contributed by atoms with Gasteiger partial charge in [0.2, 0.25) is 11.8 Å². The molecule has 0 radical (unpaired) electrons. The first-order valence-corrected chi connectivity index (χ1v) is 6.52. The van der Waals surface area contributed by atoms with Gasteiger partial charge >= 0.3 is 0 Å². The first-order valence-electron chi connectivity index (χ1n) is 6.52. The van der Waals surface area contributed by atoms with Crippen LogP contribution >= 0.6 is 0 Å². The van der Waals surface area contributed by atoms with Crippen molar-refractivity contribution in [1.29, 1.82) is 0 Å².